The van der Waals surface area contributed by atoms with Crippen LogP contribution in [0.25, 0.3) is 33.4 Å². The molecule has 0 aliphatic carbocycles. The number of piperazine rings is 1. The SMILES string of the molecule is C=CC(=O)Nc1cc(-c2c(-c3ccc(N4CCN(C)CC4)cc3)[nH]c3ncc(C(=O)NCc4cccc(C(N)=O)c4)cc23)ccc1C. The molecule has 238 valence electrons. The van der Waals surface area contributed by atoms with Gasteiger partial charge in [0, 0.05) is 66.8 Å². The zero-order valence-electron chi connectivity index (χ0n) is 26.5. The molecule has 3 aromatic carbocycles. The number of amides is 3. The summed E-state index contributed by atoms with van der Waals surface area (Å²) >= 11 is 0. The first kappa shape index (κ1) is 31.3. The first-order valence-electron chi connectivity index (χ1n) is 15.5. The maximum atomic E-state index is 13.3. The summed E-state index contributed by atoms with van der Waals surface area (Å²) in [6.07, 6.45) is 2.78. The monoisotopic (exact) mass is 627 g/mol. The maximum absolute atomic E-state index is 13.3. The molecule has 1 saturated heterocycles. The summed E-state index contributed by atoms with van der Waals surface area (Å²) < 4.78 is 0. The average molecular weight is 628 g/mol. The van der Waals surface area contributed by atoms with E-state index >= 15 is 0 Å². The number of carbonyl (C=O) groups is 3. The first-order valence-corrected chi connectivity index (χ1v) is 15.5. The van der Waals surface area contributed by atoms with Crippen LogP contribution in [0.3, 0.4) is 0 Å². The Bertz CT molecular complexity index is 1990. The second-order valence-electron chi connectivity index (χ2n) is 11.8. The topological polar surface area (TPSA) is 136 Å². The van der Waals surface area contributed by atoms with E-state index in [0.29, 0.717) is 22.5 Å². The quantitative estimate of drug-likeness (QED) is 0.168. The molecular formula is C37H37N7O3. The summed E-state index contributed by atoms with van der Waals surface area (Å²) in [5.74, 6) is -1.14. The summed E-state index contributed by atoms with van der Waals surface area (Å²) in [7, 11) is 2.14. The number of anilines is 2. The molecule has 1 aliphatic rings. The molecule has 47 heavy (non-hydrogen) atoms. The van der Waals surface area contributed by atoms with Crippen molar-refractivity contribution < 1.29 is 14.4 Å². The van der Waals surface area contributed by atoms with Crippen LogP contribution in [0.4, 0.5) is 11.4 Å². The molecule has 0 atom stereocenters. The molecule has 5 N–H and O–H groups in total. The molecule has 0 radical (unpaired) electrons. The molecular weight excluding hydrogens is 590 g/mol. The van der Waals surface area contributed by atoms with Gasteiger partial charge in [0.15, 0.2) is 0 Å². The molecule has 10 nitrogen and oxygen atoms in total. The maximum Gasteiger partial charge on any atom is 0.253 e. The number of benzene rings is 3. The van der Waals surface area contributed by atoms with E-state index in [-0.39, 0.29) is 18.4 Å². The Kier molecular flexibility index (Phi) is 8.86. The van der Waals surface area contributed by atoms with Gasteiger partial charge >= 0.3 is 0 Å². The first-order chi connectivity index (χ1) is 22.7. The van der Waals surface area contributed by atoms with Gasteiger partial charge in [-0.25, -0.2) is 4.98 Å². The molecule has 3 heterocycles. The summed E-state index contributed by atoms with van der Waals surface area (Å²) in [5, 5.41) is 6.59. The fraction of sp³-hybridized carbons (Fsp3) is 0.189. The van der Waals surface area contributed by atoms with Crippen molar-refractivity contribution in [3.8, 4) is 22.4 Å². The standard InChI is InChI=1S/C37H37N7O3/c1-4-32(45)41-31-20-26(9-8-23(31)2)33-30-19-28(37(47)40-21-24-6-5-7-27(18-24)35(38)46)22-39-36(30)42-34(33)25-10-12-29(13-11-25)44-16-14-43(3)15-17-44/h4-13,18-20,22H,1,14-17,21H2,2-3H3,(H2,38,46)(H,39,42)(H,40,47)(H,41,45). The van der Waals surface area contributed by atoms with Crippen LogP contribution in [0, 0.1) is 6.92 Å². The fourth-order valence-electron chi connectivity index (χ4n) is 5.83. The van der Waals surface area contributed by atoms with Crippen molar-refractivity contribution in [3.63, 3.8) is 0 Å². The van der Waals surface area contributed by atoms with Crippen LogP contribution < -0.4 is 21.3 Å². The lowest BCUT2D eigenvalue weighted by atomic mass is 9.96. The van der Waals surface area contributed by atoms with Crippen molar-refractivity contribution in [1.29, 1.82) is 0 Å². The van der Waals surface area contributed by atoms with Gasteiger partial charge in [0.25, 0.3) is 5.91 Å². The zero-order valence-corrected chi connectivity index (χ0v) is 26.5. The summed E-state index contributed by atoms with van der Waals surface area (Å²) in [5.41, 5.74) is 13.8. The fourth-order valence-corrected chi connectivity index (χ4v) is 5.83. The Morgan fingerprint density at radius 3 is 2.43 bits per heavy atom. The third kappa shape index (κ3) is 6.78. The Hall–Kier alpha value is -5.74. The van der Waals surface area contributed by atoms with Gasteiger partial charge < -0.3 is 31.2 Å². The minimum Gasteiger partial charge on any atom is -0.369 e. The number of rotatable bonds is 9. The largest absolute Gasteiger partial charge is 0.369 e. The van der Waals surface area contributed by atoms with Crippen LogP contribution in [0.5, 0.6) is 0 Å². The smallest absolute Gasteiger partial charge is 0.253 e. The van der Waals surface area contributed by atoms with Crippen molar-refractivity contribution in [2.24, 2.45) is 5.73 Å². The van der Waals surface area contributed by atoms with E-state index in [0.717, 1.165) is 65.1 Å². The molecule has 2 aromatic heterocycles. The zero-order chi connectivity index (χ0) is 33.1. The van der Waals surface area contributed by atoms with Gasteiger partial charge in [0.05, 0.1) is 11.3 Å². The molecule has 0 unspecified atom stereocenters. The number of nitrogens with two attached hydrogens (primary N) is 1. The van der Waals surface area contributed by atoms with Crippen LogP contribution in [-0.2, 0) is 11.3 Å². The van der Waals surface area contributed by atoms with E-state index in [1.54, 1.807) is 24.4 Å². The van der Waals surface area contributed by atoms with Crippen LogP contribution in [0.15, 0.2) is 91.6 Å². The van der Waals surface area contributed by atoms with Crippen molar-refractivity contribution in [3.05, 3.63) is 114 Å². The van der Waals surface area contributed by atoms with Gasteiger partial charge in [0.2, 0.25) is 11.8 Å². The van der Waals surface area contributed by atoms with E-state index in [9.17, 15) is 14.4 Å². The van der Waals surface area contributed by atoms with Crippen LogP contribution in [0.2, 0.25) is 0 Å². The second-order valence-corrected chi connectivity index (χ2v) is 11.8. The predicted molar refractivity (Wildman–Crippen MR) is 186 cm³/mol. The lowest BCUT2D eigenvalue weighted by Crippen LogP contribution is -2.44. The highest BCUT2D eigenvalue weighted by Crippen LogP contribution is 2.40. The number of hydrogen-bond donors (Lipinski definition) is 4. The molecule has 10 heteroatoms. The highest BCUT2D eigenvalue weighted by Gasteiger charge is 2.20. The van der Waals surface area contributed by atoms with E-state index in [1.807, 2.05) is 37.3 Å². The Morgan fingerprint density at radius 2 is 1.70 bits per heavy atom. The van der Waals surface area contributed by atoms with E-state index in [4.69, 9.17) is 5.73 Å². The average Bonchev–Trinajstić information content (AvgIpc) is 3.47. The summed E-state index contributed by atoms with van der Waals surface area (Å²) in [6.45, 7) is 9.72. The van der Waals surface area contributed by atoms with Crippen molar-refractivity contribution in [2.45, 2.75) is 13.5 Å². The van der Waals surface area contributed by atoms with Crippen LogP contribution >= 0.6 is 0 Å². The highest BCUT2D eigenvalue weighted by atomic mass is 16.2. The molecule has 0 spiro atoms. The van der Waals surface area contributed by atoms with Gasteiger partial charge in [-0.2, -0.15) is 0 Å². The van der Waals surface area contributed by atoms with Gasteiger partial charge in [-0.1, -0.05) is 43.0 Å². The lowest BCUT2D eigenvalue weighted by molar-refractivity contribution is -0.111. The van der Waals surface area contributed by atoms with Gasteiger partial charge in [-0.3, -0.25) is 14.4 Å². The summed E-state index contributed by atoms with van der Waals surface area (Å²) in [6, 6.07) is 23.0. The minimum absolute atomic E-state index is 0.215. The van der Waals surface area contributed by atoms with E-state index in [1.165, 1.54) is 11.8 Å². The second kappa shape index (κ2) is 13.3. The number of hydrogen-bond acceptors (Lipinski definition) is 6. The number of primary amides is 1. The van der Waals surface area contributed by atoms with Crippen molar-refractivity contribution >= 4 is 40.1 Å². The number of nitrogens with one attached hydrogen (secondary N) is 3. The normalized spacial score (nSPS) is 13.4. The Balaban J connectivity index is 1.38. The third-order valence-electron chi connectivity index (χ3n) is 8.57. The van der Waals surface area contributed by atoms with Gasteiger partial charge in [-0.15, -0.1) is 0 Å². The molecule has 0 saturated carbocycles. The number of nitrogens with zero attached hydrogens (tertiary/aromatic N) is 3. The number of carbonyl (C=O) groups excluding carboxylic acids is 3. The third-order valence-corrected chi connectivity index (χ3v) is 8.57. The molecule has 1 aliphatic heterocycles. The Labute approximate surface area is 273 Å². The molecule has 0 bridgehead atoms. The Morgan fingerprint density at radius 1 is 0.957 bits per heavy atom. The predicted octanol–water partition coefficient (Wildman–Crippen LogP) is 5.11. The highest BCUT2D eigenvalue weighted by molar-refractivity contribution is 6.07. The molecule has 1 fully saturated rings. The molecule has 5 aromatic rings. The number of fused-ring (bicyclic) bond motifs is 1. The van der Waals surface area contributed by atoms with Crippen molar-refractivity contribution in [1.82, 2.24) is 20.2 Å². The molecule has 6 rings (SSSR count). The number of likely N-dealkylation sites (N-methyl/N-ethyl adjacent to an activating group) is 1. The molecule has 3 amide bonds. The number of aromatic nitrogens is 2. The van der Waals surface area contributed by atoms with Crippen molar-refractivity contribution in [2.75, 3.05) is 43.4 Å². The van der Waals surface area contributed by atoms with E-state index in [2.05, 4.69) is 68.3 Å². The number of H-pyrrole nitrogens is 1. The number of pyridine rings is 1. The van der Waals surface area contributed by atoms with Crippen LogP contribution in [-0.4, -0.2) is 65.8 Å². The minimum atomic E-state index is -0.527. The van der Waals surface area contributed by atoms with Gasteiger partial charge in [-0.05, 0) is 78.7 Å². The lowest BCUT2D eigenvalue weighted by Gasteiger charge is -2.34. The van der Waals surface area contributed by atoms with Gasteiger partial charge in [0.1, 0.15) is 5.65 Å². The van der Waals surface area contributed by atoms with Crippen LogP contribution in [0.1, 0.15) is 31.8 Å². The number of aryl methyl sites for hydroxylation is 1. The summed E-state index contributed by atoms with van der Waals surface area (Å²) in [4.78, 5) is 50.0. The van der Waals surface area contributed by atoms with E-state index < -0.39 is 5.91 Å². The number of aromatic amines is 1.